The maximum atomic E-state index is 12.5. The molecule has 0 saturated carbocycles. The first-order chi connectivity index (χ1) is 13.8. The molecule has 0 unspecified atom stereocenters. The fourth-order valence-electron chi connectivity index (χ4n) is 3.14. The van der Waals surface area contributed by atoms with Crippen molar-refractivity contribution in [1.82, 2.24) is 0 Å². The summed E-state index contributed by atoms with van der Waals surface area (Å²) in [5.74, 6) is 1.11. The van der Waals surface area contributed by atoms with E-state index in [4.69, 9.17) is 9.15 Å². The minimum atomic E-state index is -0.253. The number of rotatable bonds is 5. The van der Waals surface area contributed by atoms with E-state index in [2.05, 4.69) is 10.6 Å². The number of hydrogen-bond acceptors (Lipinski definition) is 4. The van der Waals surface area contributed by atoms with Crippen LogP contribution in [0, 0.1) is 13.8 Å². The highest BCUT2D eigenvalue weighted by atomic mass is 16.5. The fourth-order valence-corrected chi connectivity index (χ4v) is 3.14. The van der Waals surface area contributed by atoms with Crippen LogP contribution in [0.25, 0.3) is 16.5 Å². The van der Waals surface area contributed by atoms with Crippen LogP contribution in [0.2, 0.25) is 0 Å². The van der Waals surface area contributed by atoms with Crippen molar-refractivity contribution in [2.45, 2.75) is 27.7 Å². The average Bonchev–Trinajstić information content (AvgIpc) is 2.95. The molecule has 2 N–H and O–H groups in total. The van der Waals surface area contributed by atoms with Gasteiger partial charge in [-0.2, -0.15) is 0 Å². The van der Waals surface area contributed by atoms with Crippen LogP contribution < -0.4 is 15.4 Å². The first kappa shape index (κ1) is 20.2. The van der Waals surface area contributed by atoms with Crippen molar-refractivity contribution in [3.8, 4) is 5.75 Å². The summed E-state index contributed by atoms with van der Waals surface area (Å²) >= 11 is 0. The molecule has 0 bridgehead atoms. The van der Waals surface area contributed by atoms with E-state index >= 15 is 0 Å². The standard InChI is InChI=1S/C23H24N2O4/c1-13(10-23(27)25-18-8-6-17(7-9-18)24-16(4)26)19-11-20-14(2)15(3)29-22(20)12-21(19)28-5/h6-12H,1-5H3,(H,24,26)(H,25,27)/b13-10+. The molecule has 0 radical (unpaired) electrons. The molecule has 0 aliphatic rings. The third-order valence-corrected chi connectivity index (χ3v) is 4.74. The number of anilines is 2. The highest BCUT2D eigenvalue weighted by molar-refractivity contribution is 6.05. The molecule has 0 aliphatic heterocycles. The number of aryl methyl sites for hydroxylation is 2. The van der Waals surface area contributed by atoms with Gasteiger partial charge in [0.15, 0.2) is 0 Å². The molecule has 0 fully saturated rings. The zero-order valence-corrected chi connectivity index (χ0v) is 17.2. The molecule has 6 nitrogen and oxygen atoms in total. The van der Waals surface area contributed by atoms with Gasteiger partial charge >= 0.3 is 0 Å². The predicted octanol–water partition coefficient (Wildman–Crippen LogP) is 5.06. The van der Waals surface area contributed by atoms with E-state index in [1.165, 1.54) is 13.0 Å². The highest BCUT2D eigenvalue weighted by Crippen LogP contribution is 2.34. The van der Waals surface area contributed by atoms with E-state index in [1.807, 2.05) is 32.9 Å². The number of nitrogens with one attached hydrogen (secondary N) is 2. The minimum Gasteiger partial charge on any atom is -0.496 e. The fraction of sp³-hybridized carbons (Fsp3) is 0.217. The van der Waals surface area contributed by atoms with Gasteiger partial charge in [0.2, 0.25) is 11.8 Å². The first-order valence-corrected chi connectivity index (χ1v) is 9.23. The van der Waals surface area contributed by atoms with Crippen LogP contribution in [-0.2, 0) is 9.59 Å². The smallest absolute Gasteiger partial charge is 0.248 e. The normalized spacial score (nSPS) is 11.4. The number of hydrogen-bond donors (Lipinski definition) is 2. The van der Waals surface area contributed by atoms with Gasteiger partial charge in [-0.15, -0.1) is 0 Å². The Morgan fingerprint density at radius 2 is 1.62 bits per heavy atom. The second-order valence-corrected chi connectivity index (χ2v) is 6.91. The van der Waals surface area contributed by atoms with Crippen LogP contribution >= 0.6 is 0 Å². The summed E-state index contributed by atoms with van der Waals surface area (Å²) in [5, 5.41) is 6.51. The zero-order valence-electron chi connectivity index (χ0n) is 17.2. The lowest BCUT2D eigenvalue weighted by atomic mass is 10.0. The van der Waals surface area contributed by atoms with E-state index < -0.39 is 0 Å². The van der Waals surface area contributed by atoms with Crippen LogP contribution in [0.3, 0.4) is 0 Å². The Labute approximate surface area is 169 Å². The molecule has 29 heavy (non-hydrogen) atoms. The topological polar surface area (TPSA) is 80.6 Å². The molecule has 0 spiro atoms. The second kappa shape index (κ2) is 8.22. The van der Waals surface area contributed by atoms with Gasteiger partial charge in [0.05, 0.1) is 7.11 Å². The largest absolute Gasteiger partial charge is 0.496 e. The Morgan fingerprint density at radius 1 is 1.00 bits per heavy atom. The third kappa shape index (κ3) is 4.48. The first-order valence-electron chi connectivity index (χ1n) is 9.23. The van der Waals surface area contributed by atoms with Crippen molar-refractivity contribution in [3.05, 3.63) is 59.4 Å². The molecule has 0 atom stereocenters. The van der Waals surface area contributed by atoms with Crippen LogP contribution in [0.4, 0.5) is 11.4 Å². The Bertz CT molecular complexity index is 1110. The van der Waals surface area contributed by atoms with E-state index in [0.717, 1.165) is 33.4 Å². The van der Waals surface area contributed by atoms with E-state index in [1.54, 1.807) is 31.4 Å². The Morgan fingerprint density at radius 3 is 2.21 bits per heavy atom. The molecule has 150 valence electrons. The number of amides is 2. The Balaban J connectivity index is 1.83. The molecular formula is C23H24N2O4. The summed E-state index contributed by atoms with van der Waals surface area (Å²) in [6.07, 6.45) is 1.54. The number of allylic oxidation sites excluding steroid dienone is 1. The lowest BCUT2D eigenvalue weighted by Gasteiger charge is -2.10. The van der Waals surface area contributed by atoms with Crippen LogP contribution in [-0.4, -0.2) is 18.9 Å². The van der Waals surface area contributed by atoms with Gasteiger partial charge in [0, 0.05) is 41.4 Å². The van der Waals surface area contributed by atoms with Gasteiger partial charge in [-0.1, -0.05) is 0 Å². The van der Waals surface area contributed by atoms with Gasteiger partial charge in [-0.3, -0.25) is 9.59 Å². The predicted molar refractivity (Wildman–Crippen MR) is 115 cm³/mol. The third-order valence-electron chi connectivity index (χ3n) is 4.74. The maximum absolute atomic E-state index is 12.5. The number of furan rings is 1. The van der Waals surface area contributed by atoms with Crippen LogP contribution in [0.15, 0.2) is 46.9 Å². The quantitative estimate of drug-likeness (QED) is 0.595. The molecule has 0 aliphatic carbocycles. The molecule has 3 rings (SSSR count). The Hall–Kier alpha value is -3.54. The van der Waals surface area contributed by atoms with Gasteiger partial charge < -0.3 is 19.8 Å². The monoisotopic (exact) mass is 392 g/mol. The van der Waals surface area contributed by atoms with E-state index in [-0.39, 0.29) is 11.8 Å². The molecule has 3 aromatic rings. The van der Waals surface area contributed by atoms with Crippen molar-refractivity contribution < 1.29 is 18.7 Å². The van der Waals surface area contributed by atoms with Gasteiger partial charge in [0.25, 0.3) is 0 Å². The maximum Gasteiger partial charge on any atom is 0.248 e. The van der Waals surface area contributed by atoms with Crippen molar-refractivity contribution in [1.29, 1.82) is 0 Å². The number of carbonyl (C=O) groups is 2. The zero-order chi connectivity index (χ0) is 21.1. The SMILES string of the molecule is COc1cc2oc(C)c(C)c2cc1/C(C)=C/C(=O)Nc1ccc(NC(C)=O)cc1. The van der Waals surface area contributed by atoms with Gasteiger partial charge in [-0.25, -0.2) is 0 Å². The number of methoxy groups -OCH3 is 1. The summed E-state index contributed by atoms with van der Waals surface area (Å²) in [4.78, 5) is 23.6. The summed E-state index contributed by atoms with van der Waals surface area (Å²) < 4.78 is 11.3. The van der Waals surface area contributed by atoms with Crippen molar-refractivity contribution >= 4 is 39.7 Å². The second-order valence-electron chi connectivity index (χ2n) is 6.91. The lowest BCUT2D eigenvalue weighted by molar-refractivity contribution is -0.114. The minimum absolute atomic E-state index is 0.144. The number of benzene rings is 2. The highest BCUT2D eigenvalue weighted by Gasteiger charge is 2.14. The molecule has 0 saturated heterocycles. The van der Waals surface area contributed by atoms with Crippen molar-refractivity contribution in [2.75, 3.05) is 17.7 Å². The summed E-state index contributed by atoms with van der Waals surface area (Å²) in [6, 6.07) is 10.8. The lowest BCUT2D eigenvalue weighted by Crippen LogP contribution is -2.09. The number of ether oxygens (including phenoxy) is 1. The van der Waals surface area contributed by atoms with Crippen molar-refractivity contribution in [3.63, 3.8) is 0 Å². The van der Waals surface area contributed by atoms with Gasteiger partial charge in [0.1, 0.15) is 17.1 Å². The number of fused-ring (bicyclic) bond motifs is 1. The molecule has 2 amide bonds. The summed E-state index contributed by atoms with van der Waals surface area (Å²) in [6.45, 7) is 7.25. The molecule has 1 aromatic heterocycles. The Kier molecular flexibility index (Phi) is 5.73. The van der Waals surface area contributed by atoms with Crippen LogP contribution in [0.1, 0.15) is 30.7 Å². The summed E-state index contributed by atoms with van der Waals surface area (Å²) in [7, 11) is 1.59. The average molecular weight is 392 g/mol. The van der Waals surface area contributed by atoms with Crippen molar-refractivity contribution in [2.24, 2.45) is 0 Å². The molecule has 6 heteroatoms. The summed E-state index contributed by atoms with van der Waals surface area (Å²) in [5.41, 5.74) is 4.75. The van der Waals surface area contributed by atoms with E-state index in [9.17, 15) is 9.59 Å². The molecule has 2 aromatic carbocycles. The van der Waals surface area contributed by atoms with Gasteiger partial charge in [-0.05, 0) is 62.2 Å². The number of carbonyl (C=O) groups excluding carboxylic acids is 2. The molecular weight excluding hydrogens is 368 g/mol. The molecule has 1 heterocycles. The van der Waals surface area contributed by atoms with Crippen LogP contribution in [0.5, 0.6) is 5.75 Å². The van der Waals surface area contributed by atoms with E-state index in [0.29, 0.717) is 17.1 Å².